The maximum atomic E-state index is 13.5. The van der Waals surface area contributed by atoms with Gasteiger partial charge in [0, 0.05) is 0 Å². The molecule has 1 fully saturated rings. The molecule has 35 heavy (non-hydrogen) atoms. The van der Waals surface area contributed by atoms with Crippen LogP contribution < -0.4 is 4.74 Å². The van der Waals surface area contributed by atoms with Crippen molar-refractivity contribution in [2.75, 3.05) is 0 Å². The Kier molecular flexibility index (Phi) is 9.41. The van der Waals surface area contributed by atoms with Gasteiger partial charge in [0.2, 0.25) is 0 Å². The largest absolute Gasteiger partial charge is 0.439 e. The highest BCUT2D eigenvalue weighted by atomic mass is 35.5. The monoisotopic (exact) mass is 520 g/mol. The zero-order valence-corrected chi connectivity index (χ0v) is 20.4. The average Bonchev–Trinajstić information content (AvgIpc) is 2.82. The molecule has 0 heterocycles. The summed E-state index contributed by atoms with van der Waals surface area (Å²) in [5, 5.41) is -0.338. The van der Waals surface area contributed by atoms with Crippen molar-refractivity contribution in [1.82, 2.24) is 0 Å². The SMILES string of the molecule is CCCCC1CCC(CCc2ccc(-c3ccc(OC(F)(F)C(F)C(F)(F)F)c(Cl)c3)cc2)CC1. The van der Waals surface area contributed by atoms with Crippen molar-refractivity contribution in [2.24, 2.45) is 11.8 Å². The summed E-state index contributed by atoms with van der Waals surface area (Å²) in [6.07, 6.45) is -3.99. The molecule has 2 aromatic rings. The van der Waals surface area contributed by atoms with E-state index in [2.05, 4.69) is 11.7 Å². The Balaban J connectivity index is 1.55. The summed E-state index contributed by atoms with van der Waals surface area (Å²) in [4.78, 5) is 0. The van der Waals surface area contributed by atoms with Crippen molar-refractivity contribution >= 4 is 11.6 Å². The first-order valence-electron chi connectivity index (χ1n) is 12.2. The molecule has 0 bridgehead atoms. The van der Waals surface area contributed by atoms with E-state index in [0.717, 1.165) is 36.3 Å². The maximum Gasteiger partial charge on any atom is 0.439 e. The fraction of sp³-hybridized carbons (Fsp3) is 0.556. The van der Waals surface area contributed by atoms with E-state index in [9.17, 15) is 26.3 Å². The lowest BCUT2D eigenvalue weighted by atomic mass is 9.78. The second-order valence-electron chi connectivity index (χ2n) is 9.48. The highest BCUT2D eigenvalue weighted by Gasteiger charge is 2.59. The van der Waals surface area contributed by atoms with E-state index in [1.807, 2.05) is 24.3 Å². The summed E-state index contributed by atoms with van der Waals surface area (Å²) in [5.74, 6) is 0.926. The number of ether oxygens (including phenoxy) is 1. The number of alkyl halides is 6. The molecule has 2 aromatic carbocycles. The fourth-order valence-corrected chi connectivity index (χ4v) is 4.91. The Morgan fingerprint density at radius 1 is 0.886 bits per heavy atom. The maximum absolute atomic E-state index is 13.5. The van der Waals surface area contributed by atoms with Crippen molar-refractivity contribution in [2.45, 2.75) is 83.2 Å². The summed E-state index contributed by atoms with van der Waals surface area (Å²) in [6.45, 7) is 2.24. The predicted octanol–water partition coefficient (Wildman–Crippen LogP) is 9.81. The Bertz CT molecular complexity index is 936. The van der Waals surface area contributed by atoms with E-state index < -0.39 is 24.2 Å². The number of unbranched alkanes of at least 4 members (excludes halogenated alkanes) is 1. The minimum absolute atomic E-state index is 0.338. The van der Waals surface area contributed by atoms with Crippen LogP contribution in [0.25, 0.3) is 11.1 Å². The number of hydrogen-bond acceptors (Lipinski definition) is 1. The quantitative estimate of drug-likeness (QED) is 0.283. The predicted molar refractivity (Wildman–Crippen MR) is 127 cm³/mol. The molecule has 194 valence electrons. The Hall–Kier alpha value is -1.89. The number of aryl methyl sites for hydroxylation is 1. The molecular formula is C27H31ClF6O. The van der Waals surface area contributed by atoms with Gasteiger partial charge in [-0.2, -0.15) is 22.0 Å². The van der Waals surface area contributed by atoms with Gasteiger partial charge in [-0.15, -0.1) is 0 Å². The second-order valence-corrected chi connectivity index (χ2v) is 9.89. The second kappa shape index (κ2) is 11.9. The normalized spacial score (nSPS) is 20.0. The molecule has 3 rings (SSSR count). The number of rotatable bonds is 10. The molecule has 0 saturated heterocycles. The zero-order valence-electron chi connectivity index (χ0n) is 19.7. The Labute approximate surface area is 207 Å². The van der Waals surface area contributed by atoms with Crippen LogP contribution in [0.5, 0.6) is 5.75 Å². The van der Waals surface area contributed by atoms with Crippen molar-refractivity contribution in [1.29, 1.82) is 0 Å². The smallest absolute Gasteiger partial charge is 0.429 e. The minimum atomic E-state index is -5.76. The first kappa shape index (κ1) is 27.7. The van der Waals surface area contributed by atoms with Crippen LogP contribution in [-0.2, 0) is 6.42 Å². The standard InChI is InChI=1S/C27H31ClF6O/c1-2-3-4-18-5-7-19(8-6-18)9-10-20-11-13-21(14-12-20)22-15-16-24(23(28)17-22)35-27(33,34)25(29)26(30,31)32/h11-19,25H,2-10H2,1H3. The molecule has 0 aliphatic heterocycles. The van der Waals surface area contributed by atoms with Gasteiger partial charge in [-0.1, -0.05) is 93.8 Å². The van der Waals surface area contributed by atoms with Gasteiger partial charge in [-0.25, -0.2) is 4.39 Å². The average molecular weight is 521 g/mol. The molecule has 1 unspecified atom stereocenters. The summed E-state index contributed by atoms with van der Waals surface area (Å²) in [5.41, 5.74) is 2.55. The van der Waals surface area contributed by atoms with Crippen LogP contribution in [0.3, 0.4) is 0 Å². The van der Waals surface area contributed by atoms with Crippen LogP contribution in [0, 0.1) is 11.8 Å². The Morgan fingerprint density at radius 3 is 2.00 bits per heavy atom. The minimum Gasteiger partial charge on any atom is -0.429 e. The van der Waals surface area contributed by atoms with Crippen molar-refractivity contribution in [3.05, 3.63) is 53.1 Å². The number of hydrogen-bond donors (Lipinski definition) is 0. The van der Waals surface area contributed by atoms with Gasteiger partial charge in [-0.3, -0.25) is 0 Å². The molecule has 0 spiro atoms. The van der Waals surface area contributed by atoms with E-state index >= 15 is 0 Å². The Morgan fingerprint density at radius 2 is 1.46 bits per heavy atom. The van der Waals surface area contributed by atoms with Gasteiger partial charge in [-0.05, 0) is 53.5 Å². The third kappa shape index (κ3) is 7.80. The van der Waals surface area contributed by atoms with E-state index in [1.165, 1.54) is 62.6 Å². The fourth-order valence-electron chi connectivity index (χ4n) is 4.69. The van der Waals surface area contributed by atoms with Gasteiger partial charge in [0.15, 0.2) is 0 Å². The van der Waals surface area contributed by atoms with E-state index in [1.54, 1.807) is 0 Å². The van der Waals surface area contributed by atoms with Crippen molar-refractivity contribution < 1.29 is 31.1 Å². The van der Waals surface area contributed by atoms with Crippen LogP contribution in [0.1, 0.15) is 63.9 Å². The molecule has 0 radical (unpaired) electrons. The highest BCUT2D eigenvalue weighted by Crippen LogP contribution is 2.40. The molecule has 0 N–H and O–H groups in total. The molecule has 1 nitrogen and oxygen atoms in total. The van der Waals surface area contributed by atoms with Gasteiger partial charge in [0.1, 0.15) is 5.75 Å². The zero-order chi connectivity index (χ0) is 25.6. The number of benzene rings is 2. The number of halogens is 7. The molecule has 1 aliphatic rings. The molecular weight excluding hydrogens is 490 g/mol. The van der Waals surface area contributed by atoms with Gasteiger partial charge < -0.3 is 4.74 Å². The van der Waals surface area contributed by atoms with Crippen LogP contribution >= 0.6 is 11.6 Å². The van der Waals surface area contributed by atoms with E-state index in [-0.39, 0.29) is 5.02 Å². The topological polar surface area (TPSA) is 9.23 Å². The lowest BCUT2D eigenvalue weighted by molar-refractivity contribution is -0.304. The molecule has 1 atom stereocenters. The molecule has 1 aliphatic carbocycles. The van der Waals surface area contributed by atoms with Crippen LogP contribution in [-0.4, -0.2) is 18.5 Å². The van der Waals surface area contributed by atoms with E-state index in [0.29, 0.717) is 5.56 Å². The van der Waals surface area contributed by atoms with Crippen LogP contribution in [0.4, 0.5) is 26.3 Å². The summed E-state index contributed by atoms with van der Waals surface area (Å²) >= 11 is 5.95. The molecule has 1 saturated carbocycles. The molecule has 0 amide bonds. The van der Waals surface area contributed by atoms with Crippen molar-refractivity contribution in [3.8, 4) is 16.9 Å². The summed E-state index contributed by atoms with van der Waals surface area (Å²) in [6, 6.07) is 11.5. The third-order valence-corrected chi connectivity index (χ3v) is 7.12. The highest BCUT2D eigenvalue weighted by molar-refractivity contribution is 6.32. The molecule has 0 aromatic heterocycles. The summed E-state index contributed by atoms with van der Waals surface area (Å²) < 4.78 is 81.1. The van der Waals surface area contributed by atoms with Crippen LogP contribution in [0.15, 0.2) is 42.5 Å². The van der Waals surface area contributed by atoms with Gasteiger partial charge >= 0.3 is 12.3 Å². The van der Waals surface area contributed by atoms with Crippen LogP contribution in [0.2, 0.25) is 5.02 Å². The third-order valence-electron chi connectivity index (χ3n) is 6.82. The summed E-state index contributed by atoms with van der Waals surface area (Å²) in [7, 11) is 0. The van der Waals surface area contributed by atoms with Gasteiger partial charge in [0.05, 0.1) is 5.02 Å². The van der Waals surface area contributed by atoms with Crippen molar-refractivity contribution in [3.63, 3.8) is 0 Å². The lowest BCUT2D eigenvalue weighted by Crippen LogP contribution is -2.45. The first-order chi connectivity index (χ1) is 16.5. The lowest BCUT2D eigenvalue weighted by Gasteiger charge is -2.28. The van der Waals surface area contributed by atoms with Gasteiger partial charge in [0.25, 0.3) is 6.17 Å². The van der Waals surface area contributed by atoms with E-state index in [4.69, 9.17) is 11.6 Å². The molecule has 8 heteroatoms. The first-order valence-corrected chi connectivity index (χ1v) is 12.5.